The maximum atomic E-state index is 11.6. The SMILES string of the molecule is CCCC(C)C1(C(=O)O)CCC(CC)CC1. The fraction of sp³-hybridized carbons (Fsp3) is 0.929. The Morgan fingerprint density at radius 3 is 2.31 bits per heavy atom. The second kappa shape index (κ2) is 5.70. The highest BCUT2D eigenvalue weighted by atomic mass is 16.4. The molecule has 0 bridgehead atoms. The molecule has 0 radical (unpaired) electrons. The third kappa shape index (κ3) is 2.58. The highest BCUT2D eigenvalue weighted by Gasteiger charge is 2.45. The van der Waals surface area contributed by atoms with Crippen LogP contribution >= 0.6 is 0 Å². The van der Waals surface area contributed by atoms with E-state index in [1.165, 1.54) is 6.42 Å². The van der Waals surface area contributed by atoms with Crippen LogP contribution in [0, 0.1) is 17.3 Å². The molecule has 0 spiro atoms. The molecule has 0 amide bonds. The fourth-order valence-corrected chi connectivity index (χ4v) is 3.23. The van der Waals surface area contributed by atoms with Crippen molar-refractivity contribution in [1.82, 2.24) is 0 Å². The lowest BCUT2D eigenvalue weighted by atomic mass is 9.63. The Labute approximate surface area is 99.4 Å². The summed E-state index contributed by atoms with van der Waals surface area (Å²) >= 11 is 0. The van der Waals surface area contributed by atoms with Crippen molar-refractivity contribution in [2.24, 2.45) is 17.3 Å². The lowest BCUT2D eigenvalue weighted by Gasteiger charge is -2.41. The standard InChI is InChI=1S/C14H26O2/c1-4-6-11(3)14(13(15)16)9-7-12(5-2)8-10-14/h11-12H,4-10H2,1-3H3,(H,15,16). The van der Waals surface area contributed by atoms with Crippen LogP contribution < -0.4 is 0 Å². The van der Waals surface area contributed by atoms with Crippen molar-refractivity contribution >= 4 is 5.97 Å². The molecule has 16 heavy (non-hydrogen) atoms. The molecule has 2 heteroatoms. The molecule has 94 valence electrons. The van der Waals surface area contributed by atoms with Crippen LogP contribution in [0.2, 0.25) is 0 Å². The second-order valence-corrected chi connectivity index (χ2v) is 5.50. The summed E-state index contributed by atoms with van der Waals surface area (Å²) in [5, 5.41) is 9.54. The van der Waals surface area contributed by atoms with E-state index in [2.05, 4.69) is 20.8 Å². The molecule has 1 aliphatic rings. The number of rotatable bonds is 5. The molecule has 1 unspecified atom stereocenters. The van der Waals surface area contributed by atoms with E-state index in [1.807, 2.05) is 0 Å². The van der Waals surface area contributed by atoms with Crippen molar-refractivity contribution in [1.29, 1.82) is 0 Å². The first-order valence-corrected chi connectivity index (χ1v) is 6.80. The van der Waals surface area contributed by atoms with Crippen LogP contribution in [0.4, 0.5) is 0 Å². The first kappa shape index (κ1) is 13.5. The minimum absolute atomic E-state index is 0.327. The first-order valence-electron chi connectivity index (χ1n) is 6.80. The third-order valence-corrected chi connectivity index (χ3v) is 4.67. The molecule has 0 aromatic carbocycles. The van der Waals surface area contributed by atoms with Crippen molar-refractivity contribution in [3.05, 3.63) is 0 Å². The van der Waals surface area contributed by atoms with Gasteiger partial charge >= 0.3 is 5.97 Å². The average Bonchev–Trinajstić information content (AvgIpc) is 2.29. The van der Waals surface area contributed by atoms with E-state index in [0.717, 1.165) is 44.4 Å². The normalized spacial score (nSPS) is 32.3. The van der Waals surface area contributed by atoms with E-state index in [-0.39, 0.29) is 0 Å². The van der Waals surface area contributed by atoms with Gasteiger partial charge in [-0.3, -0.25) is 4.79 Å². The number of hydrogen-bond acceptors (Lipinski definition) is 1. The summed E-state index contributed by atoms with van der Waals surface area (Å²) in [6, 6.07) is 0. The van der Waals surface area contributed by atoms with Crippen LogP contribution in [-0.4, -0.2) is 11.1 Å². The summed E-state index contributed by atoms with van der Waals surface area (Å²) in [6.07, 6.45) is 7.34. The number of carboxylic acids is 1. The van der Waals surface area contributed by atoms with E-state index in [9.17, 15) is 9.90 Å². The summed E-state index contributed by atoms with van der Waals surface area (Å²) in [4.78, 5) is 11.6. The van der Waals surface area contributed by atoms with Gasteiger partial charge in [-0.1, -0.05) is 33.6 Å². The van der Waals surface area contributed by atoms with Gasteiger partial charge in [0.1, 0.15) is 0 Å². The largest absolute Gasteiger partial charge is 0.481 e. The van der Waals surface area contributed by atoms with Gasteiger partial charge in [0.25, 0.3) is 0 Å². The molecule has 0 saturated heterocycles. The zero-order chi connectivity index (χ0) is 12.2. The number of hydrogen-bond donors (Lipinski definition) is 1. The Kier molecular flexibility index (Phi) is 4.82. The molecular weight excluding hydrogens is 200 g/mol. The predicted octanol–water partition coefficient (Wildman–Crippen LogP) is 4.09. The summed E-state index contributed by atoms with van der Waals surface area (Å²) in [7, 11) is 0. The molecule has 1 fully saturated rings. The predicted molar refractivity (Wildman–Crippen MR) is 66.4 cm³/mol. The van der Waals surface area contributed by atoms with Gasteiger partial charge in [0, 0.05) is 0 Å². The molecule has 1 atom stereocenters. The quantitative estimate of drug-likeness (QED) is 0.766. The van der Waals surface area contributed by atoms with Gasteiger partial charge in [0.15, 0.2) is 0 Å². The van der Waals surface area contributed by atoms with Gasteiger partial charge < -0.3 is 5.11 Å². The molecule has 1 saturated carbocycles. The topological polar surface area (TPSA) is 37.3 Å². The highest BCUT2D eigenvalue weighted by molar-refractivity contribution is 5.75. The van der Waals surface area contributed by atoms with Crippen LogP contribution in [-0.2, 0) is 4.79 Å². The third-order valence-electron chi connectivity index (χ3n) is 4.67. The van der Waals surface area contributed by atoms with Gasteiger partial charge in [0.2, 0.25) is 0 Å². The molecule has 0 aromatic rings. The van der Waals surface area contributed by atoms with Crippen LogP contribution in [0.1, 0.15) is 65.7 Å². The maximum absolute atomic E-state index is 11.6. The summed E-state index contributed by atoms with van der Waals surface area (Å²) < 4.78 is 0. The number of carboxylic acid groups (broad SMARTS) is 1. The van der Waals surface area contributed by atoms with Gasteiger partial charge in [-0.25, -0.2) is 0 Å². The monoisotopic (exact) mass is 226 g/mol. The van der Waals surface area contributed by atoms with Crippen molar-refractivity contribution in [3.63, 3.8) is 0 Å². The van der Waals surface area contributed by atoms with Crippen LogP contribution in [0.25, 0.3) is 0 Å². The molecule has 1 aliphatic carbocycles. The molecule has 0 aliphatic heterocycles. The summed E-state index contributed by atoms with van der Waals surface area (Å²) in [6.45, 7) is 6.49. The van der Waals surface area contributed by atoms with E-state index in [0.29, 0.717) is 5.92 Å². The van der Waals surface area contributed by atoms with Gasteiger partial charge in [-0.05, 0) is 43.9 Å². The van der Waals surface area contributed by atoms with Gasteiger partial charge in [-0.15, -0.1) is 0 Å². The van der Waals surface area contributed by atoms with Crippen LogP contribution in [0.5, 0.6) is 0 Å². The maximum Gasteiger partial charge on any atom is 0.309 e. The Morgan fingerprint density at radius 1 is 1.38 bits per heavy atom. The average molecular weight is 226 g/mol. The van der Waals surface area contributed by atoms with Crippen LogP contribution in [0.3, 0.4) is 0 Å². The van der Waals surface area contributed by atoms with Crippen molar-refractivity contribution in [2.75, 3.05) is 0 Å². The summed E-state index contributed by atoms with van der Waals surface area (Å²) in [5.41, 5.74) is -0.415. The Hall–Kier alpha value is -0.530. The zero-order valence-electron chi connectivity index (χ0n) is 11.0. The van der Waals surface area contributed by atoms with E-state index in [4.69, 9.17) is 0 Å². The Morgan fingerprint density at radius 2 is 1.94 bits per heavy atom. The smallest absolute Gasteiger partial charge is 0.309 e. The number of carbonyl (C=O) groups is 1. The van der Waals surface area contributed by atoms with Crippen LogP contribution in [0.15, 0.2) is 0 Å². The Bertz CT molecular complexity index is 227. The van der Waals surface area contributed by atoms with Crippen molar-refractivity contribution < 1.29 is 9.90 Å². The van der Waals surface area contributed by atoms with E-state index < -0.39 is 11.4 Å². The van der Waals surface area contributed by atoms with Crippen molar-refractivity contribution in [2.45, 2.75) is 65.7 Å². The molecular formula is C14H26O2. The molecule has 0 heterocycles. The van der Waals surface area contributed by atoms with E-state index in [1.54, 1.807) is 0 Å². The minimum Gasteiger partial charge on any atom is -0.481 e. The molecule has 2 nitrogen and oxygen atoms in total. The summed E-state index contributed by atoms with van der Waals surface area (Å²) in [5.74, 6) is 0.539. The Balaban J connectivity index is 2.72. The fourth-order valence-electron chi connectivity index (χ4n) is 3.23. The molecule has 0 aromatic heterocycles. The van der Waals surface area contributed by atoms with E-state index >= 15 is 0 Å². The highest BCUT2D eigenvalue weighted by Crippen LogP contribution is 2.46. The lowest BCUT2D eigenvalue weighted by Crippen LogP contribution is -2.40. The lowest BCUT2D eigenvalue weighted by molar-refractivity contribution is -0.156. The second-order valence-electron chi connectivity index (χ2n) is 5.50. The molecule has 1 N–H and O–H groups in total. The first-order chi connectivity index (χ1) is 7.56. The van der Waals surface area contributed by atoms with Gasteiger partial charge in [-0.2, -0.15) is 0 Å². The molecule has 1 rings (SSSR count). The zero-order valence-corrected chi connectivity index (χ0v) is 11.0. The minimum atomic E-state index is -0.553. The number of aliphatic carboxylic acids is 1. The van der Waals surface area contributed by atoms with Gasteiger partial charge in [0.05, 0.1) is 5.41 Å². The van der Waals surface area contributed by atoms with Crippen molar-refractivity contribution in [3.8, 4) is 0 Å².